The summed E-state index contributed by atoms with van der Waals surface area (Å²) in [6.07, 6.45) is 2.48. The monoisotopic (exact) mass is 362 g/mol. The average molecular weight is 362 g/mol. The number of hydrogen-bond donors (Lipinski definition) is 1. The molecule has 0 radical (unpaired) electrons. The van der Waals surface area contributed by atoms with Crippen LogP contribution < -0.4 is 15.0 Å². The van der Waals surface area contributed by atoms with Crippen molar-refractivity contribution in [3.8, 4) is 5.75 Å². The molecule has 0 amide bonds. The number of hydrogen-bond acceptors (Lipinski definition) is 5. The maximum Gasteiger partial charge on any atom is 0.227 e. The van der Waals surface area contributed by atoms with Gasteiger partial charge in [0, 0.05) is 25.0 Å². The van der Waals surface area contributed by atoms with Gasteiger partial charge >= 0.3 is 0 Å². The summed E-state index contributed by atoms with van der Waals surface area (Å²) in [7, 11) is 1.68. The molecule has 5 heteroatoms. The number of methoxy groups -OCH3 is 1. The molecule has 1 N–H and O–H groups in total. The van der Waals surface area contributed by atoms with Gasteiger partial charge in [0.2, 0.25) is 5.95 Å². The molecular weight excluding hydrogens is 336 g/mol. The van der Waals surface area contributed by atoms with E-state index in [2.05, 4.69) is 41.4 Å². The van der Waals surface area contributed by atoms with Crippen molar-refractivity contribution in [2.24, 2.45) is 5.92 Å². The van der Waals surface area contributed by atoms with E-state index in [1.54, 1.807) is 7.11 Å². The fourth-order valence-corrected chi connectivity index (χ4v) is 3.64. The molecule has 1 fully saturated rings. The number of aromatic nitrogens is 2. The van der Waals surface area contributed by atoms with E-state index in [0.29, 0.717) is 12.5 Å². The van der Waals surface area contributed by atoms with Crippen molar-refractivity contribution in [3.05, 3.63) is 54.1 Å². The Morgan fingerprint density at radius 3 is 2.70 bits per heavy atom. The quantitative estimate of drug-likeness (QED) is 0.725. The van der Waals surface area contributed by atoms with Gasteiger partial charge in [-0.15, -0.1) is 0 Å². The van der Waals surface area contributed by atoms with Crippen LogP contribution >= 0.6 is 0 Å². The Balaban J connectivity index is 1.61. The van der Waals surface area contributed by atoms with Gasteiger partial charge < -0.3 is 15.0 Å². The first kappa shape index (κ1) is 17.6. The highest BCUT2D eigenvalue weighted by atomic mass is 16.5. The van der Waals surface area contributed by atoms with Crippen LogP contribution in [0.3, 0.4) is 0 Å². The molecule has 140 valence electrons. The molecule has 2 aromatic carbocycles. The van der Waals surface area contributed by atoms with E-state index < -0.39 is 0 Å². The number of piperidine rings is 1. The molecule has 3 aromatic rings. The lowest BCUT2D eigenvalue weighted by atomic mass is 10.0. The summed E-state index contributed by atoms with van der Waals surface area (Å²) >= 11 is 0. The molecule has 0 bridgehead atoms. The molecule has 4 rings (SSSR count). The molecule has 1 atom stereocenters. The predicted molar refractivity (Wildman–Crippen MR) is 110 cm³/mol. The maximum atomic E-state index is 5.23. The number of benzene rings is 2. The second-order valence-corrected chi connectivity index (χ2v) is 7.28. The summed E-state index contributed by atoms with van der Waals surface area (Å²) in [6, 6.07) is 16.3. The van der Waals surface area contributed by atoms with Gasteiger partial charge in [-0.25, -0.2) is 4.98 Å². The smallest absolute Gasteiger partial charge is 0.227 e. The lowest BCUT2D eigenvalue weighted by Gasteiger charge is -2.31. The van der Waals surface area contributed by atoms with Crippen LogP contribution in [-0.2, 0) is 6.54 Å². The van der Waals surface area contributed by atoms with Gasteiger partial charge in [0.25, 0.3) is 0 Å². The van der Waals surface area contributed by atoms with E-state index in [1.165, 1.54) is 18.4 Å². The predicted octanol–water partition coefficient (Wildman–Crippen LogP) is 4.49. The van der Waals surface area contributed by atoms with Crippen LogP contribution in [0.2, 0.25) is 0 Å². The third kappa shape index (κ3) is 3.97. The van der Waals surface area contributed by atoms with Crippen molar-refractivity contribution in [3.63, 3.8) is 0 Å². The van der Waals surface area contributed by atoms with E-state index in [4.69, 9.17) is 14.7 Å². The Morgan fingerprint density at radius 2 is 1.93 bits per heavy atom. The van der Waals surface area contributed by atoms with Crippen LogP contribution in [0.15, 0.2) is 48.5 Å². The molecule has 2 heterocycles. The molecule has 1 aliphatic heterocycles. The fourth-order valence-electron chi connectivity index (χ4n) is 3.64. The summed E-state index contributed by atoms with van der Waals surface area (Å²) in [5, 5.41) is 4.57. The van der Waals surface area contributed by atoms with E-state index >= 15 is 0 Å². The van der Waals surface area contributed by atoms with Crippen LogP contribution in [0.4, 0.5) is 11.8 Å². The highest BCUT2D eigenvalue weighted by Gasteiger charge is 2.20. The maximum absolute atomic E-state index is 5.23. The molecule has 5 nitrogen and oxygen atoms in total. The zero-order chi connectivity index (χ0) is 18.6. The first-order valence-corrected chi connectivity index (χ1v) is 9.61. The van der Waals surface area contributed by atoms with Gasteiger partial charge in [-0.2, -0.15) is 4.98 Å². The number of anilines is 2. The topological polar surface area (TPSA) is 50.3 Å². The Hall–Kier alpha value is -2.82. The van der Waals surface area contributed by atoms with Crippen LogP contribution in [0.5, 0.6) is 5.75 Å². The van der Waals surface area contributed by atoms with E-state index in [9.17, 15) is 0 Å². The summed E-state index contributed by atoms with van der Waals surface area (Å²) in [5.41, 5.74) is 2.17. The Labute approximate surface area is 160 Å². The minimum absolute atomic E-state index is 0.685. The Bertz CT molecular complexity index is 910. The molecule has 0 aliphatic carbocycles. The van der Waals surface area contributed by atoms with Gasteiger partial charge in [0.15, 0.2) is 0 Å². The first-order chi connectivity index (χ1) is 13.2. The normalized spacial score (nSPS) is 17.1. The minimum Gasteiger partial charge on any atom is -0.497 e. The molecule has 1 saturated heterocycles. The van der Waals surface area contributed by atoms with Crippen LogP contribution in [0, 0.1) is 5.92 Å². The minimum atomic E-state index is 0.685. The third-order valence-electron chi connectivity index (χ3n) is 5.15. The average Bonchev–Trinajstić information content (AvgIpc) is 2.72. The zero-order valence-corrected chi connectivity index (χ0v) is 16.0. The van der Waals surface area contributed by atoms with Crippen LogP contribution in [0.1, 0.15) is 25.3 Å². The molecule has 1 unspecified atom stereocenters. The van der Waals surface area contributed by atoms with Crippen molar-refractivity contribution in [2.45, 2.75) is 26.3 Å². The fraction of sp³-hybridized carbons (Fsp3) is 0.364. The molecule has 0 spiro atoms. The Morgan fingerprint density at radius 1 is 1.11 bits per heavy atom. The molecule has 1 aliphatic rings. The zero-order valence-electron chi connectivity index (χ0n) is 16.0. The van der Waals surface area contributed by atoms with Crippen molar-refractivity contribution in [1.82, 2.24) is 9.97 Å². The lowest BCUT2D eigenvalue weighted by molar-refractivity contribution is 0.414. The lowest BCUT2D eigenvalue weighted by Crippen LogP contribution is -2.35. The molecule has 27 heavy (non-hydrogen) atoms. The van der Waals surface area contributed by atoms with E-state index in [1.807, 2.05) is 24.3 Å². The molecule has 0 saturated carbocycles. The molecule has 1 aromatic heterocycles. The van der Waals surface area contributed by atoms with Gasteiger partial charge in [-0.05, 0) is 48.6 Å². The number of fused-ring (bicyclic) bond motifs is 1. The highest BCUT2D eigenvalue weighted by molar-refractivity contribution is 5.90. The largest absolute Gasteiger partial charge is 0.497 e. The standard InChI is InChI=1S/C22H26N4O/c1-16-6-5-13-26(15-16)22-24-20-8-4-3-7-19(20)21(25-22)23-14-17-9-11-18(27-2)12-10-17/h3-4,7-12,16H,5-6,13-15H2,1-2H3,(H,23,24,25). The van der Waals surface area contributed by atoms with Gasteiger partial charge in [0.1, 0.15) is 11.6 Å². The Kier molecular flexibility index (Phi) is 5.10. The number of nitrogens with zero attached hydrogens (tertiary/aromatic N) is 3. The summed E-state index contributed by atoms with van der Waals surface area (Å²) < 4.78 is 5.23. The van der Waals surface area contributed by atoms with Crippen LogP contribution in [-0.4, -0.2) is 30.2 Å². The number of rotatable bonds is 5. The molecular formula is C22H26N4O. The SMILES string of the molecule is COc1ccc(CNc2nc(N3CCCC(C)C3)nc3ccccc23)cc1. The summed E-state index contributed by atoms with van der Waals surface area (Å²) in [5.74, 6) is 3.28. The van der Waals surface area contributed by atoms with E-state index in [-0.39, 0.29) is 0 Å². The number of para-hydroxylation sites is 1. The van der Waals surface area contributed by atoms with E-state index in [0.717, 1.165) is 41.5 Å². The number of nitrogens with one attached hydrogen (secondary N) is 1. The number of ether oxygens (including phenoxy) is 1. The van der Waals surface area contributed by atoms with Gasteiger partial charge in [-0.1, -0.05) is 31.2 Å². The highest BCUT2D eigenvalue weighted by Crippen LogP contribution is 2.26. The van der Waals surface area contributed by atoms with Crippen molar-refractivity contribution in [2.75, 3.05) is 30.4 Å². The second kappa shape index (κ2) is 7.82. The van der Waals surface area contributed by atoms with Gasteiger partial charge in [-0.3, -0.25) is 0 Å². The summed E-state index contributed by atoms with van der Waals surface area (Å²) in [6.45, 7) is 5.06. The van der Waals surface area contributed by atoms with Crippen molar-refractivity contribution in [1.29, 1.82) is 0 Å². The van der Waals surface area contributed by atoms with Crippen molar-refractivity contribution >= 4 is 22.7 Å². The third-order valence-corrected chi connectivity index (χ3v) is 5.15. The van der Waals surface area contributed by atoms with Gasteiger partial charge in [0.05, 0.1) is 12.6 Å². The first-order valence-electron chi connectivity index (χ1n) is 9.61. The van der Waals surface area contributed by atoms with Crippen molar-refractivity contribution < 1.29 is 4.74 Å². The summed E-state index contributed by atoms with van der Waals surface area (Å²) in [4.78, 5) is 12.0. The second-order valence-electron chi connectivity index (χ2n) is 7.28. The van der Waals surface area contributed by atoms with Crippen LogP contribution in [0.25, 0.3) is 10.9 Å².